The van der Waals surface area contributed by atoms with Crippen LogP contribution >= 0.6 is 0 Å². The van der Waals surface area contributed by atoms with Crippen LogP contribution in [0.1, 0.15) is 34.1 Å². The van der Waals surface area contributed by atoms with E-state index in [1.807, 2.05) is 6.92 Å². The van der Waals surface area contributed by atoms with E-state index in [4.69, 9.17) is 14.2 Å². The zero-order chi connectivity index (χ0) is 14.6. The van der Waals surface area contributed by atoms with Gasteiger partial charge in [-0.2, -0.15) is 0 Å². The lowest BCUT2D eigenvalue weighted by Crippen LogP contribution is -2.44. The van der Waals surface area contributed by atoms with Crippen LogP contribution in [0.3, 0.4) is 0 Å². The Morgan fingerprint density at radius 2 is 1.95 bits per heavy atom. The van der Waals surface area contributed by atoms with E-state index in [2.05, 4.69) is 0 Å². The molecule has 6 nitrogen and oxygen atoms in total. The first-order valence-electron chi connectivity index (χ1n) is 6.47. The monoisotopic (exact) mass is 273 g/mol. The largest absolute Gasteiger partial charge is 0.467 e. The van der Waals surface area contributed by atoms with Crippen molar-refractivity contribution in [2.45, 2.75) is 51.9 Å². The molecule has 0 unspecified atom stereocenters. The van der Waals surface area contributed by atoms with Crippen LogP contribution in [0.4, 0.5) is 4.79 Å². The number of rotatable bonds is 3. The number of carbonyl (C=O) groups is 2. The second-order valence-electron chi connectivity index (χ2n) is 5.48. The molecule has 1 fully saturated rings. The third-order valence-corrected chi connectivity index (χ3v) is 2.77. The topological polar surface area (TPSA) is 65.1 Å². The van der Waals surface area contributed by atoms with Gasteiger partial charge in [-0.25, -0.2) is 9.59 Å². The second kappa shape index (κ2) is 6.23. The Bertz CT molecular complexity index is 336. The third kappa shape index (κ3) is 4.38. The van der Waals surface area contributed by atoms with Crippen molar-refractivity contribution in [3.63, 3.8) is 0 Å². The van der Waals surface area contributed by atoms with Crippen molar-refractivity contribution in [1.29, 1.82) is 0 Å². The molecule has 0 bridgehead atoms. The van der Waals surface area contributed by atoms with Crippen molar-refractivity contribution < 1.29 is 23.8 Å². The molecule has 110 valence electrons. The van der Waals surface area contributed by atoms with Gasteiger partial charge in [0.05, 0.1) is 19.8 Å². The first kappa shape index (κ1) is 15.8. The summed E-state index contributed by atoms with van der Waals surface area (Å²) < 4.78 is 15.5. The molecule has 0 aromatic heterocycles. The average molecular weight is 273 g/mol. The molecule has 1 aliphatic heterocycles. The fraction of sp³-hybridized carbons (Fsp3) is 0.846. The van der Waals surface area contributed by atoms with E-state index in [0.717, 1.165) is 0 Å². The first-order chi connectivity index (χ1) is 8.78. The van der Waals surface area contributed by atoms with Crippen molar-refractivity contribution in [3.05, 3.63) is 0 Å². The lowest BCUT2D eigenvalue weighted by molar-refractivity contribution is -0.145. The molecule has 1 heterocycles. The van der Waals surface area contributed by atoms with E-state index in [0.29, 0.717) is 19.6 Å². The number of likely N-dealkylation sites (tertiary alicyclic amines) is 1. The van der Waals surface area contributed by atoms with Gasteiger partial charge in [0.15, 0.2) is 0 Å². The molecule has 1 saturated heterocycles. The molecule has 0 aromatic carbocycles. The predicted molar refractivity (Wildman–Crippen MR) is 68.8 cm³/mol. The quantitative estimate of drug-likeness (QED) is 0.730. The van der Waals surface area contributed by atoms with Gasteiger partial charge >= 0.3 is 12.1 Å². The molecule has 1 rings (SSSR count). The molecule has 1 amide bonds. The lowest BCUT2D eigenvalue weighted by atomic mass is 10.2. The van der Waals surface area contributed by atoms with Gasteiger partial charge in [0.2, 0.25) is 0 Å². The number of carbonyl (C=O) groups excluding carboxylic acids is 2. The molecule has 0 radical (unpaired) electrons. The van der Waals surface area contributed by atoms with Gasteiger partial charge in [-0.15, -0.1) is 0 Å². The highest BCUT2D eigenvalue weighted by Gasteiger charge is 2.42. The summed E-state index contributed by atoms with van der Waals surface area (Å²) in [5.41, 5.74) is -0.596. The summed E-state index contributed by atoms with van der Waals surface area (Å²) in [4.78, 5) is 25.2. The SMILES string of the molecule is CCO[C@@H]1C[C@H](C(=O)OC)N(C(=O)OC(C)(C)C)C1. The summed E-state index contributed by atoms with van der Waals surface area (Å²) in [5, 5.41) is 0. The minimum Gasteiger partial charge on any atom is -0.467 e. The van der Waals surface area contributed by atoms with E-state index in [1.54, 1.807) is 20.8 Å². The van der Waals surface area contributed by atoms with Crippen LogP contribution in [-0.4, -0.2) is 55.0 Å². The second-order valence-corrected chi connectivity index (χ2v) is 5.48. The molecular weight excluding hydrogens is 250 g/mol. The summed E-state index contributed by atoms with van der Waals surface area (Å²) in [6, 6.07) is -0.628. The highest BCUT2D eigenvalue weighted by molar-refractivity contribution is 5.82. The van der Waals surface area contributed by atoms with Crippen LogP contribution in [0.15, 0.2) is 0 Å². The van der Waals surface area contributed by atoms with Crippen LogP contribution in [-0.2, 0) is 19.0 Å². The van der Waals surface area contributed by atoms with Crippen molar-refractivity contribution >= 4 is 12.1 Å². The number of nitrogens with zero attached hydrogens (tertiary/aromatic N) is 1. The molecule has 0 N–H and O–H groups in total. The molecule has 19 heavy (non-hydrogen) atoms. The smallest absolute Gasteiger partial charge is 0.411 e. The molecule has 0 aliphatic carbocycles. The summed E-state index contributed by atoms with van der Waals surface area (Å²) in [6.45, 7) is 8.13. The van der Waals surface area contributed by atoms with Gasteiger partial charge in [-0.3, -0.25) is 4.90 Å². The van der Waals surface area contributed by atoms with Gasteiger partial charge in [0, 0.05) is 13.0 Å². The predicted octanol–water partition coefficient (Wildman–Crippen LogP) is 1.57. The molecule has 6 heteroatoms. The normalized spacial score (nSPS) is 23.3. The minimum atomic E-state index is -0.628. The molecule has 0 spiro atoms. The van der Waals surface area contributed by atoms with Gasteiger partial charge in [-0.1, -0.05) is 0 Å². The number of esters is 1. The summed E-state index contributed by atoms with van der Waals surface area (Å²) in [5.74, 6) is -0.437. The van der Waals surface area contributed by atoms with E-state index >= 15 is 0 Å². The van der Waals surface area contributed by atoms with Crippen molar-refractivity contribution in [1.82, 2.24) is 4.90 Å². The molecule has 0 saturated carbocycles. The van der Waals surface area contributed by atoms with Crippen molar-refractivity contribution in [2.75, 3.05) is 20.3 Å². The molecule has 0 aromatic rings. The first-order valence-corrected chi connectivity index (χ1v) is 6.47. The van der Waals surface area contributed by atoms with E-state index in [-0.39, 0.29) is 6.10 Å². The number of hydrogen-bond donors (Lipinski definition) is 0. The fourth-order valence-corrected chi connectivity index (χ4v) is 2.04. The number of amides is 1. The summed E-state index contributed by atoms with van der Waals surface area (Å²) in [6.07, 6.45) is -0.216. The Balaban J connectivity index is 2.76. The van der Waals surface area contributed by atoms with E-state index < -0.39 is 23.7 Å². The summed E-state index contributed by atoms with van der Waals surface area (Å²) in [7, 11) is 1.31. The maximum atomic E-state index is 12.1. The molecule has 1 aliphatic rings. The van der Waals surface area contributed by atoms with Crippen LogP contribution < -0.4 is 0 Å². The zero-order valence-electron chi connectivity index (χ0n) is 12.3. The zero-order valence-corrected chi connectivity index (χ0v) is 12.3. The van der Waals surface area contributed by atoms with Crippen LogP contribution in [0.5, 0.6) is 0 Å². The Kier molecular flexibility index (Phi) is 5.17. The molecule has 2 atom stereocenters. The Labute approximate surface area is 114 Å². The van der Waals surface area contributed by atoms with Gasteiger partial charge < -0.3 is 14.2 Å². The number of hydrogen-bond acceptors (Lipinski definition) is 5. The Morgan fingerprint density at radius 1 is 1.32 bits per heavy atom. The van der Waals surface area contributed by atoms with Gasteiger partial charge in [0.25, 0.3) is 0 Å². The fourth-order valence-electron chi connectivity index (χ4n) is 2.04. The Hall–Kier alpha value is -1.30. The van der Waals surface area contributed by atoms with E-state index in [9.17, 15) is 9.59 Å². The van der Waals surface area contributed by atoms with Crippen LogP contribution in [0.2, 0.25) is 0 Å². The highest BCUT2D eigenvalue weighted by atomic mass is 16.6. The number of ether oxygens (including phenoxy) is 3. The van der Waals surface area contributed by atoms with Gasteiger partial charge in [-0.05, 0) is 27.7 Å². The number of methoxy groups -OCH3 is 1. The van der Waals surface area contributed by atoms with Crippen molar-refractivity contribution in [2.24, 2.45) is 0 Å². The maximum Gasteiger partial charge on any atom is 0.411 e. The van der Waals surface area contributed by atoms with Crippen molar-refractivity contribution in [3.8, 4) is 0 Å². The maximum absolute atomic E-state index is 12.1. The lowest BCUT2D eigenvalue weighted by Gasteiger charge is -2.27. The average Bonchev–Trinajstić information content (AvgIpc) is 2.70. The summed E-state index contributed by atoms with van der Waals surface area (Å²) >= 11 is 0. The third-order valence-electron chi connectivity index (χ3n) is 2.77. The minimum absolute atomic E-state index is 0.151. The van der Waals surface area contributed by atoms with Crippen LogP contribution in [0.25, 0.3) is 0 Å². The molecular formula is C13H23NO5. The van der Waals surface area contributed by atoms with Crippen LogP contribution in [0, 0.1) is 0 Å². The Morgan fingerprint density at radius 3 is 2.42 bits per heavy atom. The standard InChI is InChI=1S/C13H23NO5/c1-6-18-9-7-10(11(15)17-5)14(8-9)12(16)19-13(2,3)4/h9-10H,6-8H2,1-5H3/t9-,10-/m1/s1. The van der Waals surface area contributed by atoms with Gasteiger partial charge in [0.1, 0.15) is 11.6 Å². The highest BCUT2D eigenvalue weighted by Crippen LogP contribution is 2.24. The van der Waals surface area contributed by atoms with E-state index in [1.165, 1.54) is 12.0 Å².